The predicted octanol–water partition coefficient (Wildman–Crippen LogP) is 1.30. The van der Waals surface area contributed by atoms with E-state index < -0.39 is 10.0 Å². The zero-order valence-electron chi connectivity index (χ0n) is 8.98. The number of nitriles is 1. The van der Waals surface area contributed by atoms with Gasteiger partial charge in [-0.1, -0.05) is 11.6 Å². The number of anilines is 1. The summed E-state index contributed by atoms with van der Waals surface area (Å²) >= 11 is 5.74. The first-order valence-electron chi connectivity index (χ1n) is 4.86. The summed E-state index contributed by atoms with van der Waals surface area (Å²) in [4.78, 5) is 0. The zero-order chi connectivity index (χ0) is 12.9. The Balaban J connectivity index is 2.56. The third kappa shape index (κ3) is 5.04. The van der Waals surface area contributed by atoms with E-state index in [1.54, 1.807) is 18.2 Å². The molecule has 7 heteroatoms. The van der Waals surface area contributed by atoms with Crippen LogP contribution in [-0.4, -0.2) is 20.7 Å². The smallest absolute Gasteiger partial charge is 0.209 e. The van der Waals surface area contributed by atoms with Gasteiger partial charge in [0.15, 0.2) is 0 Å². The lowest BCUT2D eigenvalue weighted by atomic mass is 10.2. The lowest BCUT2D eigenvalue weighted by Crippen LogP contribution is -2.18. The Labute approximate surface area is 105 Å². The maximum atomic E-state index is 10.7. The van der Waals surface area contributed by atoms with Crippen molar-refractivity contribution in [1.29, 1.82) is 5.26 Å². The van der Waals surface area contributed by atoms with Gasteiger partial charge < -0.3 is 5.32 Å². The molecule has 0 spiro atoms. The standard InChI is InChI=1S/C10H12ClN3O2S/c11-9-2-3-10(8(6-9)7-12)14-4-1-5-17(13,15)16/h2-3,6,14H,1,4-5H2,(H2,13,15,16). The number of sulfonamides is 1. The molecule has 17 heavy (non-hydrogen) atoms. The lowest BCUT2D eigenvalue weighted by molar-refractivity contribution is 0.596. The average molecular weight is 274 g/mol. The number of nitrogens with two attached hydrogens (primary N) is 1. The third-order valence-electron chi connectivity index (χ3n) is 2.02. The number of hydrogen-bond donors (Lipinski definition) is 2. The summed E-state index contributed by atoms with van der Waals surface area (Å²) < 4.78 is 21.4. The summed E-state index contributed by atoms with van der Waals surface area (Å²) in [7, 11) is -3.43. The molecule has 0 amide bonds. The normalized spacial score (nSPS) is 10.9. The highest BCUT2D eigenvalue weighted by Gasteiger charge is 2.04. The number of nitrogens with zero attached hydrogens (tertiary/aromatic N) is 1. The molecule has 0 saturated carbocycles. The minimum Gasteiger partial charge on any atom is -0.384 e. The van der Waals surface area contributed by atoms with Gasteiger partial charge in [-0.2, -0.15) is 5.26 Å². The molecule has 3 N–H and O–H groups in total. The third-order valence-corrected chi connectivity index (χ3v) is 3.12. The fourth-order valence-corrected chi connectivity index (χ4v) is 1.98. The second-order valence-electron chi connectivity index (χ2n) is 3.45. The van der Waals surface area contributed by atoms with Crippen molar-refractivity contribution in [2.45, 2.75) is 6.42 Å². The first kappa shape index (κ1) is 13.8. The first-order valence-corrected chi connectivity index (χ1v) is 6.96. The summed E-state index contributed by atoms with van der Waals surface area (Å²) in [6, 6.07) is 6.88. The number of halogens is 1. The van der Waals surface area contributed by atoms with E-state index in [4.69, 9.17) is 22.0 Å². The molecule has 0 bridgehead atoms. The van der Waals surface area contributed by atoms with E-state index >= 15 is 0 Å². The quantitative estimate of drug-likeness (QED) is 0.791. The SMILES string of the molecule is N#Cc1cc(Cl)ccc1NCCCS(N)(=O)=O. The van der Waals surface area contributed by atoms with Crippen molar-refractivity contribution in [3.05, 3.63) is 28.8 Å². The van der Waals surface area contributed by atoms with Crippen LogP contribution in [0.25, 0.3) is 0 Å². The Morgan fingerprint density at radius 1 is 1.47 bits per heavy atom. The Morgan fingerprint density at radius 2 is 2.18 bits per heavy atom. The second kappa shape index (κ2) is 5.87. The highest BCUT2D eigenvalue weighted by atomic mass is 35.5. The molecule has 1 aromatic carbocycles. The second-order valence-corrected chi connectivity index (χ2v) is 5.62. The van der Waals surface area contributed by atoms with Gasteiger partial charge in [0.25, 0.3) is 0 Å². The summed E-state index contributed by atoms with van der Waals surface area (Å²) in [5.41, 5.74) is 1.06. The molecular formula is C10H12ClN3O2S. The van der Waals surface area contributed by atoms with Crippen molar-refractivity contribution in [3.63, 3.8) is 0 Å². The van der Waals surface area contributed by atoms with E-state index in [2.05, 4.69) is 5.32 Å². The van der Waals surface area contributed by atoms with E-state index in [9.17, 15) is 8.42 Å². The van der Waals surface area contributed by atoms with Crippen LogP contribution >= 0.6 is 11.6 Å². The molecule has 5 nitrogen and oxygen atoms in total. The van der Waals surface area contributed by atoms with E-state index in [1.807, 2.05) is 6.07 Å². The number of rotatable bonds is 5. The molecule has 1 rings (SSSR count). The van der Waals surface area contributed by atoms with Crippen LogP contribution in [0.3, 0.4) is 0 Å². The average Bonchev–Trinajstić information content (AvgIpc) is 2.24. The summed E-state index contributed by atoms with van der Waals surface area (Å²) in [5, 5.41) is 17.2. The molecular weight excluding hydrogens is 262 g/mol. The highest BCUT2D eigenvalue weighted by molar-refractivity contribution is 7.89. The molecule has 0 aliphatic carbocycles. The van der Waals surface area contributed by atoms with Crippen molar-refractivity contribution < 1.29 is 8.42 Å². The zero-order valence-corrected chi connectivity index (χ0v) is 10.6. The minimum absolute atomic E-state index is 0.0878. The van der Waals surface area contributed by atoms with Crippen molar-refractivity contribution in [3.8, 4) is 6.07 Å². The van der Waals surface area contributed by atoms with Crippen LogP contribution in [0.15, 0.2) is 18.2 Å². The van der Waals surface area contributed by atoms with E-state index in [0.29, 0.717) is 29.2 Å². The fourth-order valence-electron chi connectivity index (χ4n) is 1.26. The molecule has 0 unspecified atom stereocenters. The molecule has 1 aromatic rings. The van der Waals surface area contributed by atoms with E-state index in [0.717, 1.165) is 0 Å². The summed E-state index contributed by atoms with van der Waals surface area (Å²) in [5.74, 6) is -0.0878. The van der Waals surface area contributed by atoms with E-state index in [1.165, 1.54) is 0 Å². The number of benzene rings is 1. The molecule has 0 atom stereocenters. The Kier molecular flexibility index (Phi) is 4.75. The molecule has 0 fully saturated rings. The molecule has 0 aromatic heterocycles. The molecule has 92 valence electrons. The van der Waals surface area contributed by atoms with E-state index in [-0.39, 0.29) is 5.75 Å². The maximum absolute atomic E-state index is 10.7. The van der Waals surface area contributed by atoms with Crippen LogP contribution in [0.5, 0.6) is 0 Å². The monoisotopic (exact) mass is 273 g/mol. The van der Waals surface area contributed by atoms with Crippen LogP contribution in [-0.2, 0) is 10.0 Å². The van der Waals surface area contributed by atoms with Gasteiger partial charge in [0, 0.05) is 11.6 Å². The van der Waals surface area contributed by atoms with Crippen LogP contribution in [0, 0.1) is 11.3 Å². The van der Waals surface area contributed by atoms with Gasteiger partial charge in [-0.15, -0.1) is 0 Å². The predicted molar refractivity (Wildman–Crippen MR) is 67.2 cm³/mol. The van der Waals surface area contributed by atoms with Gasteiger partial charge in [0.05, 0.1) is 17.0 Å². The van der Waals surface area contributed by atoms with Gasteiger partial charge in [-0.25, -0.2) is 13.6 Å². The van der Waals surface area contributed by atoms with Crippen LogP contribution in [0.2, 0.25) is 5.02 Å². The maximum Gasteiger partial charge on any atom is 0.209 e. The largest absolute Gasteiger partial charge is 0.384 e. The van der Waals surface area contributed by atoms with Crippen LogP contribution in [0.1, 0.15) is 12.0 Å². The molecule has 0 aliphatic heterocycles. The highest BCUT2D eigenvalue weighted by Crippen LogP contribution is 2.19. The summed E-state index contributed by atoms with van der Waals surface area (Å²) in [6.07, 6.45) is 0.381. The number of hydrogen-bond acceptors (Lipinski definition) is 4. The molecule has 0 heterocycles. The van der Waals surface area contributed by atoms with Gasteiger partial charge in [-0.05, 0) is 24.6 Å². The summed E-state index contributed by atoms with van der Waals surface area (Å²) in [6.45, 7) is 0.423. The van der Waals surface area contributed by atoms with Crippen molar-refractivity contribution >= 4 is 27.3 Å². The topological polar surface area (TPSA) is 96.0 Å². The Bertz CT molecular complexity index is 537. The minimum atomic E-state index is -3.43. The first-order chi connectivity index (χ1) is 7.92. The number of primary sulfonamides is 1. The molecule has 0 saturated heterocycles. The molecule has 0 radical (unpaired) electrons. The number of nitrogens with one attached hydrogen (secondary N) is 1. The van der Waals surface area contributed by atoms with Crippen molar-refractivity contribution in [1.82, 2.24) is 0 Å². The van der Waals surface area contributed by atoms with Crippen molar-refractivity contribution in [2.24, 2.45) is 5.14 Å². The van der Waals surface area contributed by atoms with Gasteiger partial charge in [-0.3, -0.25) is 0 Å². The molecule has 0 aliphatic rings. The van der Waals surface area contributed by atoms with Crippen LogP contribution in [0.4, 0.5) is 5.69 Å². The van der Waals surface area contributed by atoms with Gasteiger partial charge >= 0.3 is 0 Å². The van der Waals surface area contributed by atoms with Crippen LogP contribution < -0.4 is 10.5 Å². The fraction of sp³-hybridized carbons (Fsp3) is 0.300. The van der Waals surface area contributed by atoms with Gasteiger partial charge in [0.2, 0.25) is 10.0 Å². The lowest BCUT2D eigenvalue weighted by Gasteiger charge is -2.07. The van der Waals surface area contributed by atoms with Crippen molar-refractivity contribution in [2.75, 3.05) is 17.6 Å². The Morgan fingerprint density at radius 3 is 2.76 bits per heavy atom. The Hall–Kier alpha value is -1.29. The van der Waals surface area contributed by atoms with Gasteiger partial charge in [0.1, 0.15) is 6.07 Å².